The predicted molar refractivity (Wildman–Crippen MR) is 80.2 cm³/mol. The number of aromatic nitrogens is 1. The van der Waals surface area contributed by atoms with E-state index in [9.17, 15) is 4.79 Å². The summed E-state index contributed by atoms with van der Waals surface area (Å²) in [6.45, 7) is 5.60. The monoisotopic (exact) mass is 267 g/mol. The van der Waals surface area contributed by atoms with E-state index in [1.54, 1.807) is 10.8 Å². The summed E-state index contributed by atoms with van der Waals surface area (Å²) < 4.78 is 7.02. The Labute approximate surface area is 118 Å². The van der Waals surface area contributed by atoms with Crippen molar-refractivity contribution in [3.05, 3.63) is 48.7 Å². The zero-order valence-corrected chi connectivity index (χ0v) is 11.9. The smallest absolute Gasteiger partial charge is 0.418 e. The van der Waals surface area contributed by atoms with Gasteiger partial charge in [-0.3, -0.25) is 4.57 Å². The van der Waals surface area contributed by atoms with E-state index in [0.717, 1.165) is 22.0 Å². The number of hydrogen-bond acceptors (Lipinski definition) is 2. The van der Waals surface area contributed by atoms with Crippen LogP contribution in [0, 0.1) is 0 Å². The van der Waals surface area contributed by atoms with Crippen LogP contribution in [0.4, 0.5) is 4.79 Å². The molecule has 2 aliphatic rings. The van der Waals surface area contributed by atoms with Gasteiger partial charge in [0.25, 0.3) is 0 Å². The minimum atomic E-state index is -0.502. The SMILES string of the molecule is CC(C)(C)OC(=O)n1cccc2c3ccccc3cc1-2. The van der Waals surface area contributed by atoms with Crippen molar-refractivity contribution in [3.8, 4) is 11.3 Å². The van der Waals surface area contributed by atoms with Crippen molar-refractivity contribution in [2.45, 2.75) is 26.4 Å². The maximum Gasteiger partial charge on any atom is 0.418 e. The van der Waals surface area contributed by atoms with Gasteiger partial charge in [-0.05, 0) is 43.7 Å². The van der Waals surface area contributed by atoms with Gasteiger partial charge >= 0.3 is 6.09 Å². The minimum Gasteiger partial charge on any atom is -0.443 e. The summed E-state index contributed by atoms with van der Waals surface area (Å²) in [5.41, 5.74) is 1.44. The Hall–Kier alpha value is -2.29. The molecule has 0 atom stereocenters. The first-order valence-electron chi connectivity index (χ1n) is 6.68. The molecule has 0 aromatic heterocycles. The molecule has 102 valence electrons. The lowest BCUT2D eigenvalue weighted by Gasteiger charge is -2.21. The maximum atomic E-state index is 12.3. The first-order chi connectivity index (χ1) is 9.46. The fourth-order valence-electron chi connectivity index (χ4n) is 2.38. The highest BCUT2D eigenvalue weighted by molar-refractivity contribution is 6.02. The average molecular weight is 267 g/mol. The third-order valence-corrected chi connectivity index (χ3v) is 3.17. The van der Waals surface area contributed by atoms with Crippen molar-refractivity contribution in [3.63, 3.8) is 0 Å². The molecule has 20 heavy (non-hydrogen) atoms. The van der Waals surface area contributed by atoms with Gasteiger partial charge in [0.05, 0.1) is 5.69 Å². The molecule has 0 amide bonds. The van der Waals surface area contributed by atoms with Gasteiger partial charge in [0.1, 0.15) is 5.60 Å². The largest absolute Gasteiger partial charge is 0.443 e. The highest BCUT2D eigenvalue weighted by Crippen LogP contribution is 2.34. The Morgan fingerprint density at radius 2 is 1.85 bits per heavy atom. The van der Waals surface area contributed by atoms with Crippen LogP contribution in [0.1, 0.15) is 20.8 Å². The third kappa shape index (κ3) is 2.16. The van der Waals surface area contributed by atoms with Crippen LogP contribution >= 0.6 is 0 Å². The number of ether oxygens (including phenoxy) is 1. The molecule has 3 nitrogen and oxygen atoms in total. The first kappa shape index (κ1) is 12.7. The zero-order chi connectivity index (χ0) is 14.3. The van der Waals surface area contributed by atoms with Gasteiger partial charge in [-0.2, -0.15) is 0 Å². The molecule has 3 heteroatoms. The van der Waals surface area contributed by atoms with E-state index in [1.165, 1.54) is 0 Å². The lowest BCUT2D eigenvalue weighted by Crippen LogP contribution is -2.27. The van der Waals surface area contributed by atoms with Crippen LogP contribution in [0.2, 0.25) is 0 Å². The van der Waals surface area contributed by atoms with E-state index in [2.05, 4.69) is 12.1 Å². The summed E-state index contributed by atoms with van der Waals surface area (Å²) in [5, 5.41) is 2.28. The molecule has 1 heterocycles. The highest BCUT2D eigenvalue weighted by Gasteiger charge is 2.21. The molecule has 0 N–H and O–H groups in total. The van der Waals surface area contributed by atoms with Gasteiger partial charge in [-0.25, -0.2) is 4.79 Å². The number of pyridine rings is 1. The number of rotatable bonds is 0. The predicted octanol–water partition coefficient (Wildman–Crippen LogP) is 4.53. The van der Waals surface area contributed by atoms with E-state index in [0.29, 0.717) is 0 Å². The van der Waals surface area contributed by atoms with Crippen molar-refractivity contribution in [2.75, 3.05) is 0 Å². The van der Waals surface area contributed by atoms with Crippen molar-refractivity contribution in [1.82, 2.24) is 4.57 Å². The van der Waals surface area contributed by atoms with Gasteiger partial charge in [0.2, 0.25) is 0 Å². The Kier molecular flexibility index (Phi) is 2.78. The van der Waals surface area contributed by atoms with Crippen molar-refractivity contribution in [2.24, 2.45) is 0 Å². The van der Waals surface area contributed by atoms with Crippen LogP contribution in [0.25, 0.3) is 22.0 Å². The van der Waals surface area contributed by atoms with Crippen molar-refractivity contribution < 1.29 is 9.53 Å². The minimum absolute atomic E-state index is 0.349. The van der Waals surface area contributed by atoms with Gasteiger partial charge in [0.15, 0.2) is 0 Å². The molecule has 1 aromatic carbocycles. The highest BCUT2D eigenvalue weighted by atomic mass is 16.6. The van der Waals surface area contributed by atoms with Crippen LogP contribution in [0.3, 0.4) is 0 Å². The molecule has 0 bridgehead atoms. The number of nitrogens with zero attached hydrogens (tertiary/aromatic N) is 1. The topological polar surface area (TPSA) is 31.2 Å². The van der Waals surface area contributed by atoms with Crippen LogP contribution in [0.5, 0.6) is 0 Å². The quantitative estimate of drug-likeness (QED) is 0.599. The van der Waals surface area contributed by atoms with Gasteiger partial charge < -0.3 is 4.74 Å². The summed E-state index contributed by atoms with van der Waals surface area (Å²) in [4.78, 5) is 12.3. The normalized spacial score (nSPS) is 11.9. The average Bonchev–Trinajstić information content (AvgIpc) is 2.75. The van der Waals surface area contributed by atoms with E-state index >= 15 is 0 Å². The molecular formula is C17H17NO2. The number of hydrogen-bond donors (Lipinski definition) is 0. The van der Waals surface area contributed by atoms with Gasteiger partial charge in [0, 0.05) is 11.8 Å². The second-order valence-corrected chi connectivity index (χ2v) is 5.89. The second-order valence-electron chi connectivity index (χ2n) is 5.89. The third-order valence-electron chi connectivity index (χ3n) is 3.17. The molecule has 1 aliphatic heterocycles. The molecular weight excluding hydrogens is 250 g/mol. The Morgan fingerprint density at radius 1 is 1.10 bits per heavy atom. The van der Waals surface area contributed by atoms with Crippen LogP contribution in [0.15, 0.2) is 48.7 Å². The standard InChI is InChI=1S/C17H17NO2/c1-17(2,3)20-16(19)18-10-6-9-14-13-8-5-4-7-12(13)11-15(14)18/h4-11H,1-3H3. The Balaban J connectivity index is 2.14. The fraction of sp³-hybridized carbons (Fsp3) is 0.235. The molecule has 0 saturated carbocycles. The zero-order valence-electron chi connectivity index (χ0n) is 11.9. The number of fused-ring (bicyclic) bond motifs is 3. The summed E-state index contributed by atoms with van der Waals surface area (Å²) in [6.07, 6.45) is 1.40. The molecule has 0 unspecified atom stereocenters. The molecule has 1 aromatic rings. The molecule has 1 aliphatic carbocycles. The summed E-state index contributed by atoms with van der Waals surface area (Å²) >= 11 is 0. The Bertz CT molecular complexity index is 749. The molecule has 0 radical (unpaired) electrons. The first-order valence-corrected chi connectivity index (χ1v) is 6.68. The van der Waals surface area contributed by atoms with E-state index in [4.69, 9.17) is 4.74 Å². The van der Waals surface area contributed by atoms with Gasteiger partial charge in [-0.1, -0.05) is 30.3 Å². The maximum absolute atomic E-state index is 12.3. The second kappa shape index (κ2) is 4.37. The van der Waals surface area contributed by atoms with E-state index in [-0.39, 0.29) is 6.09 Å². The van der Waals surface area contributed by atoms with E-state index in [1.807, 2.05) is 51.1 Å². The van der Waals surface area contributed by atoms with Crippen LogP contribution < -0.4 is 0 Å². The summed E-state index contributed by atoms with van der Waals surface area (Å²) in [7, 11) is 0. The number of carbonyl (C=O) groups is 1. The van der Waals surface area contributed by atoms with Crippen LogP contribution in [-0.4, -0.2) is 16.3 Å². The Morgan fingerprint density at radius 3 is 2.60 bits per heavy atom. The molecule has 0 spiro atoms. The summed E-state index contributed by atoms with van der Waals surface area (Å²) in [6, 6.07) is 14.0. The lowest BCUT2D eigenvalue weighted by atomic mass is 10.1. The molecule has 0 fully saturated rings. The number of benzene rings is 1. The van der Waals surface area contributed by atoms with E-state index < -0.39 is 5.60 Å². The molecule has 0 saturated heterocycles. The summed E-state index contributed by atoms with van der Waals surface area (Å²) in [5.74, 6) is 0. The molecule has 3 rings (SSSR count). The fourth-order valence-corrected chi connectivity index (χ4v) is 2.38. The van der Waals surface area contributed by atoms with Gasteiger partial charge in [-0.15, -0.1) is 0 Å². The van der Waals surface area contributed by atoms with Crippen molar-refractivity contribution >= 4 is 16.9 Å². The number of carbonyl (C=O) groups excluding carboxylic acids is 1. The van der Waals surface area contributed by atoms with Crippen molar-refractivity contribution in [1.29, 1.82) is 0 Å². The van der Waals surface area contributed by atoms with Crippen LogP contribution in [-0.2, 0) is 4.74 Å². The lowest BCUT2D eigenvalue weighted by molar-refractivity contribution is 0.0539.